The van der Waals surface area contributed by atoms with Gasteiger partial charge >= 0.3 is 6.23 Å². The molecule has 0 radical (unpaired) electrons. The van der Waals surface area contributed by atoms with Crippen molar-refractivity contribution in [1.82, 2.24) is 0 Å². The van der Waals surface area contributed by atoms with Gasteiger partial charge in [0.15, 0.2) is 6.26 Å². The van der Waals surface area contributed by atoms with E-state index in [9.17, 15) is 8.42 Å². The fourth-order valence-electron chi connectivity index (χ4n) is 1.99. The normalized spacial score (nSPS) is 19.4. The summed E-state index contributed by atoms with van der Waals surface area (Å²) in [6.45, 7) is 0. The molecule has 23 heavy (non-hydrogen) atoms. The highest BCUT2D eigenvalue weighted by Crippen LogP contribution is 2.11. The van der Waals surface area contributed by atoms with Gasteiger partial charge < -0.3 is 4.74 Å². The minimum Gasteiger partial charge on any atom is -0.431 e. The fraction of sp³-hybridized carbons (Fsp3) is 0.333. The topological polar surface area (TPSA) is 82.2 Å². The van der Waals surface area contributed by atoms with Crippen molar-refractivity contribution in [1.29, 1.82) is 0 Å². The van der Waals surface area contributed by atoms with E-state index in [0.29, 0.717) is 12.8 Å². The van der Waals surface area contributed by atoms with Crippen LogP contribution in [0.25, 0.3) is 0 Å². The maximum absolute atomic E-state index is 10.7. The molecule has 0 aliphatic carbocycles. The van der Waals surface area contributed by atoms with Crippen LogP contribution >= 0.6 is 0 Å². The van der Waals surface area contributed by atoms with Crippen LogP contribution in [-0.4, -0.2) is 49.0 Å². The van der Waals surface area contributed by atoms with Crippen molar-refractivity contribution in [3.63, 3.8) is 0 Å². The van der Waals surface area contributed by atoms with Crippen molar-refractivity contribution in [2.75, 3.05) is 17.8 Å². The molecule has 1 atom stereocenters. The molecule has 2 rings (SSSR count). The molecule has 0 fully saturated rings. The lowest BCUT2D eigenvalue weighted by Gasteiger charge is -2.12. The van der Waals surface area contributed by atoms with E-state index < -0.39 is 10.1 Å². The maximum Gasteiger partial charge on any atom is 0.340 e. The monoisotopic (exact) mass is 338 g/mol. The van der Waals surface area contributed by atoms with Crippen molar-refractivity contribution < 1.29 is 22.3 Å². The number of para-hydroxylation sites is 1. The van der Waals surface area contributed by atoms with E-state index in [4.69, 9.17) is 9.29 Å². The van der Waals surface area contributed by atoms with Crippen LogP contribution in [0.15, 0.2) is 47.9 Å². The Balaban J connectivity index is 1.90. The molecule has 0 spiro atoms. The Labute approximate surface area is 135 Å². The van der Waals surface area contributed by atoms with Gasteiger partial charge in [0.1, 0.15) is 12.4 Å². The molecule has 1 aromatic rings. The minimum absolute atomic E-state index is 0.253. The second kappa shape index (κ2) is 7.89. The quantitative estimate of drug-likeness (QED) is 0.269. The summed E-state index contributed by atoms with van der Waals surface area (Å²) in [7, 11) is -2.06. The van der Waals surface area contributed by atoms with Crippen LogP contribution in [0.5, 0.6) is 0 Å². The number of hydrogen-bond acceptors (Lipinski definition) is 5. The van der Waals surface area contributed by atoms with Crippen molar-refractivity contribution in [2.24, 2.45) is 5.10 Å². The van der Waals surface area contributed by atoms with Crippen LogP contribution in [0, 0.1) is 0 Å². The van der Waals surface area contributed by atoms with Crippen LogP contribution in [0.2, 0.25) is 0 Å². The third-order valence-electron chi connectivity index (χ3n) is 3.19. The first kappa shape index (κ1) is 17.2. The molecular weight excluding hydrogens is 318 g/mol. The van der Waals surface area contributed by atoms with Crippen molar-refractivity contribution in [2.45, 2.75) is 19.1 Å². The van der Waals surface area contributed by atoms with E-state index in [2.05, 4.69) is 5.10 Å². The number of anilines is 1. The van der Waals surface area contributed by atoms with Gasteiger partial charge in [-0.3, -0.25) is 9.56 Å². The van der Waals surface area contributed by atoms with Crippen LogP contribution in [0.3, 0.4) is 0 Å². The number of benzene rings is 1. The standard InChI is InChI=1S/C15H19N3O4S/c1-17(14-7-3-2-4-8-14)16-13-15-18(10-11-22-15)9-5-6-12-23(19,20)21/h2-4,7-11,13,15H,5-6,12H2,1H3/p+1. The highest BCUT2D eigenvalue weighted by atomic mass is 32.2. The molecule has 1 aromatic carbocycles. The highest BCUT2D eigenvalue weighted by molar-refractivity contribution is 7.85. The molecule has 7 nitrogen and oxygen atoms in total. The Hall–Kier alpha value is -2.19. The van der Waals surface area contributed by atoms with Gasteiger partial charge in [0, 0.05) is 13.5 Å². The maximum atomic E-state index is 10.7. The zero-order chi connectivity index (χ0) is 16.7. The molecular formula is C15H20N3O4S+. The third-order valence-corrected chi connectivity index (χ3v) is 3.99. The van der Waals surface area contributed by atoms with Gasteiger partial charge in [0.25, 0.3) is 10.1 Å². The molecule has 1 aliphatic rings. The molecule has 1 unspecified atom stereocenters. The Morgan fingerprint density at radius 3 is 2.83 bits per heavy atom. The molecule has 0 amide bonds. The minimum atomic E-state index is -3.91. The largest absolute Gasteiger partial charge is 0.431 e. The third kappa shape index (κ3) is 5.84. The van der Waals surface area contributed by atoms with E-state index in [-0.39, 0.29) is 12.0 Å². The second-order valence-electron chi connectivity index (χ2n) is 4.99. The van der Waals surface area contributed by atoms with Crippen molar-refractivity contribution in [3.8, 4) is 0 Å². The van der Waals surface area contributed by atoms with Crippen LogP contribution in [0.1, 0.15) is 12.8 Å². The summed E-state index contributed by atoms with van der Waals surface area (Å²) in [6.07, 6.45) is 7.25. The number of hydrogen-bond donors (Lipinski definition) is 1. The summed E-state index contributed by atoms with van der Waals surface area (Å²) in [5.74, 6) is -0.253. The highest BCUT2D eigenvalue weighted by Gasteiger charge is 2.22. The van der Waals surface area contributed by atoms with Gasteiger partial charge in [0.2, 0.25) is 6.20 Å². The summed E-state index contributed by atoms with van der Waals surface area (Å²) in [4.78, 5) is 0. The Morgan fingerprint density at radius 1 is 1.39 bits per heavy atom. The predicted molar refractivity (Wildman–Crippen MR) is 89.3 cm³/mol. The second-order valence-corrected chi connectivity index (χ2v) is 6.57. The molecule has 1 heterocycles. The molecule has 1 aliphatic heterocycles. The lowest BCUT2D eigenvalue weighted by Crippen LogP contribution is -2.24. The van der Waals surface area contributed by atoms with E-state index in [1.54, 1.807) is 28.3 Å². The van der Waals surface area contributed by atoms with E-state index in [0.717, 1.165) is 5.69 Å². The van der Waals surface area contributed by atoms with Gasteiger partial charge in [0.05, 0.1) is 11.4 Å². The Kier molecular flexibility index (Phi) is 5.89. The smallest absolute Gasteiger partial charge is 0.340 e. The number of ether oxygens (including phenoxy) is 1. The molecule has 0 aromatic heterocycles. The van der Waals surface area contributed by atoms with Gasteiger partial charge in [-0.2, -0.15) is 18.1 Å². The van der Waals surface area contributed by atoms with Crippen molar-refractivity contribution >= 4 is 28.2 Å². The first-order valence-electron chi connectivity index (χ1n) is 7.17. The van der Waals surface area contributed by atoms with Crippen LogP contribution in [-0.2, 0) is 14.9 Å². The average Bonchev–Trinajstić information content (AvgIpc) is 2.96. The summed E-state index contributed by atoms with van der Waals surface area (Å²) in [5.41, 5.74) is 0.957. The first-order valence-corrected chi connectivity index (χ1v) is 8.77. The Morgan fingerprint density at radius 2 is 2.13 bits per heavy atom. The molecule has 0 bridgehead atoms. The summed E-state index contributed by atoms with van der Waals surface area (Å²) >= 11 is 0. The summed E-state index contributed by atoms with van der Waals surface area (Å²) < 4.78 is 37.2. The van der Waals surface area contributed by atoms with E-state index in [1.165, 1.54) is 0 Å². The van der Waals surface area contributed by atoms with E-state index in [1.807, 2.05) is 43.6 Å². The number of unbranched alkanes of at least 4 members (excludes halogenated alkanes) is 1. The lowest BCUT2D eigenvalue weighted by atomic mass is 10.3. The van der Waals surface area contributed by atoms with Gasteiger partial charge in [-0.25, -0.2) is 0 Å². The average molecular weight is 338 g/mol. The predicted octanol–water partition coefficient (Wildman–Crippen LogP) is 1.69. The number of nitrogens with zero attached hydrogens (tertiary/aromatic N) is 3. The van der Waals surface area contributed by atoms with Gasteiger partial charge in [-0.1, -0.05) is 18.2 Å². The van der Waals surface area contributed by atoms with Crippen LogP contribution < -0.4 is 5.01 Å². The zero-order valence-electron chi connectivity index (χ0n) is 12.8. The molecule has 1 N–H and O–H groups in total. The molecule has 0 saturated carbocycles. The van der Waals surface area contributed by atoms with Gasteiger partial charge in [-0.05, 0) is 18.6 Å². The summed E-state index contributed by atoms with van der Waals surface area (Å²) in [6, 6.07) is 9.71. The number of rotatable bonds is 7. The SMILES string of the molecule is CN(N=CC1OC=C[N+]1=CCCCS(=O)(=O)O)c1ccccc1. The van der Waals surface area contributed by atoms with Gasteiger partial charge in [-0.15, -0.1) is 0 Å². The van der Waals surface area contributed by atoms with Crippen molar-refractivity contribution in [3.05, 3.63) is 42.8 Å². The molecule has 8 heteroatoms. The number of hydrazone groups is 1. The molecule has 0 saturated heterocycles. The fourth-order valence-corrected chi connectivity index (χ4v) is 2.52. The first-order chi connectivity index (χ1) is 11.0. The Bertz CT molecular complexity index is 699. The lowest BCUT2D eigenvalue weighted by molar-refractivity contribution is -0.502. The summed E-state index contributed by atoms with van der Waals surface area (Å²) in [5, 5.41) is 6.07. The van der Waals surface area contributed by atoms with E-state index >= 15 is 0 Å². The molecule has 124 valence electrons. The zero-order valence-corrected chi connectivity index (χ0v) is 13.6. The van der Waals surface area contributed by atoms with Crippen LogP contribution in [0.4, 0.5) is 5.69 Å².